The van der Waals surface area contributed by atoms with Crippen LogP contribution in [0.4, 0.5) is 5.69 Å². The molecule has 0 aliphatic rings. The van der Waals surface area contributed by atoms with E-state index in [0.717, 1.165) is 19.7 Å². The SMILES string of the molecule is CCN(CCO[Si](C)(C)C(C)(C)C)c1ccc(C=Cc2cccs2)cc1. The van der Waals surface area contributed by atoms with E-state index in [1.165, 1.54) is 16.1 Å². The smallest absolute Gasteiger partial charge is 0.192 e. The highest BCUT2D eigenvalue weighted by Crippen LogP contribution is 2.36. The van der Waals surface area contributed by atoms with Gasteiger partial charge in [0.15, 0.2) is 8.32 Å². The van der Waals surface area contributed by atoms with Crippen LogP contribution >= 0.6 is 11.3 Å². The average Bonchev–Trinajstić information content (AvgIpc) is 3.10. The third-order valence-electron chi connectivity index (χ3n) is 5.25. The predicted molar refractivity (Wildman–Crippen MR) is 121 cm³/mol. The fraction of sp³-hybridized carbons (Fsp3) is 0.455. The Morgan fingerprint density at radius 2 is 1.77 bits per heavy atom. The summed E-state index contributed by atoms with van der Waals surface area (Å²) in [5, 5.41) is 2.37. The molecule has 1 aromatic heterocycles. The largest absolute Gasteiger partial charge is 0.415 e. The Labute approximate surface area is 164 Å². The Morgan fingerprint density at radius 1 is 1.08 bits per heavy atom. The molecule has 0 N–H and O–H groups in total. The molecule has 26 heavy (non-hydrogen) atoms. The Kier molecular flexibility index (Phi) is 7.27. The second-order valence-corrected chi connectivity index (χ2v) is 13.9. The third-order valence-corrected chi connectivity index (χ3v) is 10.6. The number of rotatable bonds is 8. The molecule has 0 bridgehead atoms. The number of hydrogen-bond acceptors (Lipinski definition) is 3. The van der Waals surface area contributed by atoms with E-state index in [-0.39, 0.29) is 5.04 Å². The van der Waals surface area contributed by atoms with Gasteiger partial charge in [0, 0.05) is 23.7 Å². The Morgan fingerprint density at radius 3 is 2.31 bits per heavy atom. The number of likely N-dealkylation sites (N-methyl/N-ethyl adjacent to an activating group) is 1. The minimum atomic E-state index is -1.67. The molecule has 1 aromatic carbocycles. The monoisotopic (exact) mass is 387 g/mol. The lowest BCUT2D eigenvalue weighted by Gasteiger charge is -2.37. The van der Waals surface area contributed by atoms with E-state index in [0.29, 0.717) is 0 Å². The maximum Gasteiger partial charge on any atom is 0.192 e. The van der Waals surface area contributed by atoms with Crippen LogP contribution in [0.2, 0.25) is 18.1 Å². The van der Waals surface area contributed by atoms with Crippen LogP contribution in [0.5, 0.6) is 0 Å². The van der Waals surface area contributed by atoms with Crippen LogP contribution < -0.4 is 4.90 Å². The van der Waals surface area contributed by atoms with Crippen LogP contribution in [0.25, 0.3) is 12.2 Å². The number of nitrogens with zero attached hydrogens (tertiary/aromatic N) is 1. The quantitative estimate of drug-likeness (QED) is 0.464. The van der Waals surface area contributed by atoms with Crippen LogP contribution in [0.3, 0.4) is 0 Å². The molecule has 0 atom stereocenters. The fourth-order valence-corrected chi connectivity index (χ4v) is 4.11. The van der Waals surface area contributed by atoms with E-state index in [1.54, 1.807) is 11.3 Å². The molecular weight excluding hydrogens is 354 g/mol. The standard InChI is InChI=1S/C22H33NOSSi/c1-7-23(16-17-24-26(5,6)22(2,3)4)20-13-10-19(11-14-20)12-15-21-9-8-18-25-21/h8-15,18H,7,16-17H2,1-6H3. The number of benzene rings is 1. The highest BCUT2D eigenvalue weighted by Gasteiger charge is 2.36. The Hall–Kier alpha value is -1.36. The van der Waals surface area contributed by atoms with E-state index in [4.69, 9.17) is 4.43 Å². The van der Waals surface area contributed by atoms with Crippen LogP contribution in [0, 0.1) is 0 Å². The molecule has 142 valence electrons. The summed E-state index contributed by atoms with van der Waals surface area (Å²) in [6.45, 7) is 16.4. The molecule has 2 aromatic rings. The molecule has 4 heteroatoms. The second kappa shape index (κ2) is 9.02. The Balaban J connectivity index is 1.93. The van der Waals surface area contributed by atoms with Crippen molar-refractivity contribution in [2.75, 3.05) is 24.6 Å². The van der Waals surface area contributed by atoms with Gasteiger partial charge in [-0.05, 0) is 60.3 Å². The van der Waals surface area contributed by atoms with Crippen LogP contribution in [-0.2, 0) is 4.43 Å². The van der Waals surface area contributed by atoms with Gasteiger partial charge in [0.2, 0.25) is 0 Å². The first-order chi connectivity index (χ1) is 12.2. The summed E-state index contributed by atoms with van der Waals surface area (Å²) in [5.74, 6) is 0. The molecule has 2 nitrogen and oxygen atoms in total. The minimum absolute atomic E-state index is 0.264. The van der Waals surface area contributed by atoms with Crippen LogP contribution in [0.1, 0.15) is 38.1 Å². The second-order valence-electron chi connectivity index (χ2n) is 8.13. The molecule has 0 unspecified atom stereocenters. The highest BCUT2D eigenvalue weighted by atomic mass is 32.1. The van der Waals surface area contributed by atoms with Gasteiger partial charge in [-0.2, -0.15) is 0 Å². The summed E-state index contributed by atoms with van der Waals surface area (Å²) in [6.07, 6.45) is 4.34. The Bertz CT molecular complexity index is 684. The first-order valence-electron chi connectivity index (χ1n) is 9.43. The van der Waals surface area contributed by atoms with Crippen molar-refractivity contribution in [2.45, 2.75) is 45.8 Å². The zero-order valence-corrected chi connectivity index (χ0v) is 18.9. The fourth-order valence-electron chi connectivity index (χ4n) is 2.46. The van der Waals surface area contributed by atoms with Crippen molar-refractivity contribution < 1.29 is 4.43 Å². The minimum Gasteiger partial charge on any atom is -0.415 e. The topological polar surface area (TPSA) is 12.5 Å². The van der Waals surface area contributed by atoms with Crippen molar-refractivity contribution in [2.24, 2.45) is 0 Å². The number of anilines is 1. The molecule has 0 amide bonds. The van der Waals surface area contributed by atoms with Gasteiger partial charge >= 0.3 is 0 Å². The van der Waals surface area contributed by atoms with Gasteiger partial charge in [-0.1, -0.05) is 45.0 Å². The molecular formula is C22H33NOSSi. The van der Waals surface area contributed by atoms with Gasteiger partial charge in [0.1, 0.15) is 0 Å². The van der Waals surface area contributed by atoms with Crippen molar-refractivity contribution in [1.29, 1.82) is 0 Å². The number of hydrogen-bond donors (Lipinski definition) is 0. The van der Waals surface area contributed by atoms with Crippen LogP contribution in [-0.4, -0.2) is 28.0 Å². The molecule has 2 rings (SSSR count). The van der Waals surface area contributed by atoms with E-state index < -0.39 is 8.32 Å². The predicted octanol–water partition coefficient (Wildman–Crippen LogP) is 6.77. The van der Waals surface area contributed by atoms with Gasteiger partial charge < -0.3 is 9.33 Å². The molecule has 0 aliphatic carbocycles. The van der Waals surface area contributed by atoms with Crippen molar-refractivity contribution in [1.82, 2.24) is 0 Å². The van der Waals surface area contributed by atoms with E-state index in [9.17, 15) is 0 Å². The van der Waals surface area contributed by atoms with Crippen molar-refractivity contribution >= 4 is 37.5 Å². The van der Waals surface area contributed by atoms with Gasteiger partial charge in [-0.3, -0.25) is 0 Å². The summed E-state index contributed by atoms with van der Waals surface area (Å²) >= 11 is 1.76. The van der Waals surface area contributed by atoms with Gasteiger partial charge in [0.05, 0.1) is 6.61 Å². The summed E-state index contributed by atoms with van der Waals surface area (Å²) < 4.78 is 6.34. The average molecular weight is 388 g/mol. The van der Waals surface area contributed by atoms with Crippen molar-refractivity contribution in [3.05, 3.63) is 52.2 Å². The lowest BCUT2D eigenvalue weighted by Crippen LogP contribution is -2.42. The molecule has 0 saturated heterocycles. The molecule has 0 aliphatic heterocycles. The molecule has 0 spiro atoms. The molecule has 0 fully saturated rings. The molecule has 1 heterocycles. The summed E-state index contributed by atoms with van der Waals surface area (Å²) in [4.78, 5) is 3.67. The summed E-state index contributed by atoms with van der Waals surface area (Å²) in [7, 11) is -1.67. The van der Waals surface area contributed by atoms with E-state index in [2.05, 4.69) is 99.6 Å². The van der Waals surface area contributed by atoms with Gasteiger partial charge in [-0.15, -0.1) is 11.3 Å². The van der Waals surface area contributed by atoms with Gasteiger partial charge in [0.25, 0.3) is 0 Å². The van der Waals surface area contributed by atoms with E-state index >= 15 is 0 Å². The summed E-state index contributed by atoms with van der Waals surface area (Å²) in [5.41, 5.74) is 2.50. The zero-order valence-electron chi connectivity index (χ0n) is 17.1. The molecule has 0 radical (unpaired) electrons. The van der Waals surface area contributed by atoms with Gasteiger partial charge in [-0.25, -0.2) is 0 Å². The lowest BCUT2D eigenvalue weighted by molar-refractivity contribution is 0.294. The lowest BCUT2D eigenvalue weighted by atomic mass is 10.1. The number of thiophene rings is 1. The van der Waals surface area contributed by atoms with Crippen LogP contribution in [0.15, 0.2) is 41.8 Å². The first kappa shape index (κ1) is 20.9. The summed E-state index contributed by atoms with van der Waals surface area (Å²) in [6, 6.07) is 13.0. The van der Waals surface area contributed by atoms with Crippen molar-refractivity contribution in [3.8, 4) is 0 Å². The maximum absolute atomic E-state index is 6.34. The zero-order chi connectivity index (χ0) is 19.2. The highest BCUT2D eigenvalue weighted by molar-refractivity contribution is 7.10. The third kappa shape index (κ3) is 5.83. The van der Waals surface area contributed by atoms with E-state index in [1.807, 2.05) is 0 Å². The molecule has 0 saturated carbocycles. The normalized spacial score (nSPS) is 12.7. The maximum atomic E-state index is 6.34. The first-order valence-corrected chi connectivity index (χ1v) is 13.2. The van der Waals surface area contributed by atoms with Crippen molar-refractivity contribution in [3.63, 3.8) is 0 Å².